The summed E-state index contributed by atoms with van der Waals surface area (Å²) in [6.07, 6.45) is 5.07. The van der Waals surface area contributed by atoms with E-state index >= 15 is 0 Å². The molecule has 96 valence electrons. The lowest BCUT2D eigenvalue weighted by atomic mass is 10.1. The van der Waals surface area contributed by atoms with Crippen molar-refractivity contribution in [3.8, 4) is 0 Å². The highest BCUT2D eigenvalue weighted by Crippen LogP contribution is 2.44. The molecule has 1 N–H and O–H groups in total. The van der Waals surface area contributed by atoms with Gasteiger partial charge in [0.2, 0.25) is 0 Å². The number of hydrogen-bond acceptors (Lipinski definition) is 1. The van der Waals surface area contributed by atoms with E-state index in [4.69, 9.17) is 11.6 Å². The Bertz CT molecular complexity index is 471. The molecule has 1 aromatic carbocycles. The average molecular weight is 329 g/mol. The van der Waals surface area contributed by atoms with Crippen molar-refractivity contribution in [2.24, 2.45) is 11.8 Å². The molecule has 2 aliphatic rings. The lowest BCUT2D eigenvalue weighted by Crippen LogP contribution is -2.38. The summed E-state index contributed by atoms with van der Waals surface area (Å²) in [6, 6.07) is 5.74. The molecule has 4 heteroatoms. The number of rotatable bonds is 4. The van der Waals surface area contributed by atoms with Crippen molar-refractivity contribution in [2.45, 2.75) is 31.7 Å². The predicted molar refractivity (Wildman–Crippen MR) is 75.9 cm³/mol. The summed E-state index contributed by atoms with van der Waals surface area (Å²) in [5.74, 6) is 1.44. The Morgan fingerprint density at radius 1 is 1.28 bits per heavy atom. The first-order valence-corrected chi connectivity index (χ1v) is 7.58. The average Bonchev–Trinajstić information content (AvgIpc) is 3.22. The van der Waals surface area contributed by atoms with Crippen LogP contribution in [0.3, 0.4) is 0 Å². The van der Waals surface area contributed by atoms with E-state index in [-0.39, 0.29) is 5.91 Å². The van der Waals surface area contributed by atoms with Gasteiger partial charge in [-0.05, 0) is 71.6 Å². The van der Waals surface area contributed by atoms with Gasteiger partial charge in [-0.3, -0.25) is 4.79 Å². The van der Waals surface area contributed by atoms with Gasteiger partial charge in [-0.1, -0.05) is 11.6 Å². The third-order valence-electron chi connectivity index (χ3n) is 3.74. The van der Waals surface area contributed by atoms with Crippen molar-refractivity contribution >= 4 is 33.4 Å². The Balaban J connectivity index is 1.71. The SMILES string of the molecule is O=C(NC(C1CC1)C1CC1)c1ccc(Br)c(Cl)c1. The molecule has 0 aromatic heterocycles. The van der Waals surface area contributed by atoms with Crippen LogP contribution in [0.15, 0.2) is 22.7 Å². The highest BCUT2D eigenvalue weighted by atomic mass is 79.9. The monoisotopic (exact) mass is 327 g/mol. The molecule has 0 bridgehead atoms. The quantitative estimate of drug-likeness (QED) is 0.888. The second-order valence-corrected chi connectivity index (χ2v) is 6.56. The van der Waals surface area contributed by atoms with Crippen molar-refractivity contribution in [1.29, 1.82) is 0 Å². The zero-order chi connectivity index (χ0) is 12.7. The fourth-order valence-corrected chi connectivity index (χ4v) is 2.83. The number of carbonyl (C=O) groups excluding carboxylic acids is 1. The van der Waals surface area contributed by atoms with E-state index in [0.29, 0.717) is 28.5 Å². The van der Waals surface area contributed by atoms with Crippen LogP contribution in [0.25, 0.3) is 0 Å². The maximum atomic E-state index is 12.2. The lowest BCUT2D eigenvalue weighted by Gasteiger charge is -2.17. The zero-order valence-electron chi connectivity index (χ0n) is 9.96. The number of carbonyl (C=O) groups is 1. The van der Waals surface area contributed by atoms with E-state index in [9.17, 15) is 4.79 Å². The van der Waals surface area contributed by atoms with Gasteiger partial charge in [0, 0.05) is 16.1 Å². The summed E-state index contributed by atoms with van der Waals surface area (Å²) >= 11 is 9.35. The molecule has 0 aliphatic heterocycles. The minimum absolute atomic E-state index is 0.00759. The molecule has 0 radical (unpaired) electrons. The van der Waals surface area contributed by atoms with Gasteiger partial charge in [-0.25, -0.2) is 0 Å². The van der Waals surface area contributed by atoms with Crippen LogP contribution >= 0.6 is 27.5 Å². The highest BCUT2D eigenvalue weighted by Gasteiger charge is 2.42. The standard InChI is InChI=1S/C14H15BrClNO/c15-11-6-5-10(7-12(11)16)14(18)17-13(8-1-2-8)9-3-4-9/h5-9,13H,1-4H2,(H,17,18). The van der Waals surface area contributed by atoms with E-state index in [1.807, 2.05) is 12.1 Å². The molecule has 1 aromatic rings. The maximum Gasteiger partial charge on any atom is 0.251 e. The minimum Gasteiger partial charge on any atom is -0.349 e. The second-order valence-electron chi connectivity index (χ2n) is 5.30. The summed E-state index contributed by atoms with van der Waals surface area (Å²) in [6.45, 7) is 0. The van der Waals surface area contributed by atoms with Gasteiger partial charge in [-0.15, -0.1) is 0 Å². The summed E-state index contributed by atoms with van der Waals surface area (Å²) in [4.78, 5) is 12.2. The molecule has 2 fully saturated rings. The molecule has 3 rings (SSSR count). The lowest BCUT2D eigenvalue weighted by molar-refractivity contribution is 0.0926. The van der Waals surface area contributed by atoms with Crippen LogP contribution in [0.5, 0.6) is 0 Å². The molecule has 2 aliphatic carbocycles. The van der Waals surface area contributed by atoms with E-state index in [0.717, 1.165) is 4.47 Å². The third-order valence-corrected chi connectivity index (χ3v) is 4.97. The largest absolute Gasteiger partial charge is 0.349 e. The van der Waals surface area contributed by atoms with Gasteiger partial charge in [0.25, 0.3) is 5.91 Å². The van der Waals surface area contributed by atoms with Crippen LogP contribution in [-0.2, 0) is 0 Å². The van der Waals surface area contributed by atoms with Crippen LogP contribution in [0, 0.1) is 11.8 Å². The molecule has 1 amide bonds. The zero-order valence-corrected chi connectivity index (χ0v) is 12.3. The van der Waals surface area contributed by atoms with Crippen molar-refractivity contribution in [1.82, 2.24) is 5.32 Å². The first-order chi connectivity index (χ1) is 8.65. The van der Waals surface area contributed by atoms with Gasteiger partial charge in [0.05, 0.1) is 5.02 Å². The molecular formula is C14H15BrClNO. The normalized spacial score (nSPS) is 19.1. The molecule has 2 nitrogen and oxygen atoms in total. The van der Waals surface area contributed by atoms with Gasteiger partial charge < -0.3 is 5.32 Å². The summed E-state index contributed by atoms with van der Waals surface area (Å²) in [7, 11) is 0. The number of benzene rings is 1. The maximum absolute atomic E-state index is 12.2. The Kier molecular flexibility index (Phi) is 3.37. The van der Waals surface area contributed by atoms with Crippen molar-refractivity contribution in [3.63, 3.8) is 0 Å². The fraction of sp³-hybridized carbons (Fsp3) is 0.500. The van der Waals surface area contributed by atoms with Gasteiger partial charge >= 0.3 is 0 Å². The van der Waals surface area contributed by atoms with Crippen LogP contribution in [0.1, 0.15) is 36.0 Å². The van der Waals surface area contributed by atoms with Crippen LogP contribution in [0.4, 0.5) is 0 Å². The van der Waals surface area contributed by atoms with Crippen LogP contribution in [0.2, 0.25) is 5.02 Å². The molecular weight excluding hydrogens is 314 g/mol. The van der Waals surface area contributed by atoms with E-state index in [1.54, 1.807) is 6.07 Å². The van der Waals surface area contributed by atoms with Gasteiger partial charge in [0.15, 0.2) is 0 Å². The third kappa shape index (κ3) is 2.72. The van der Waals surface area contributed by atoms with Gasteiger partial charge in [0.1, 0.15) is 0 Å². The summed E-state index contributed by atoms with van der Waals surface area (Å²) in [5.41, 5.74) is 0.648. The molecule has 0 spiro atoms. The molecule has 2 saturated carbocycles. The van der Waals surface area contributed by atoms with E-state index in [2.05, 4.69) is 21.2 Å². The Morgan fingerprint density at radius 3 is 2.39 bits per heavy atom. The highest BCUT2D eigenvalue weighted by molar-refractivity contribution is 9.10. The number of halogens is 2. The smallest absolute Gasteiger partial charge is 0.251 e. The van der Waals surface area contributed by atoms with Crippen LogP contribution < -0.4 is 5.32 Å². The first-order valence-electron chi connectivity index (χ1n) is 6.41. The minimum atomic E-state index is 0.00759. The van der Waals surface area contributed by atoms with Crippen molar-refractivity contribution in [3.05, 3.63) is 33.3 Å². The van der Waals surface area contributed by atoms with Crippen LogP contribution in [-0.4, -0.2) is 11.9 Å². The molecule has 0 unspecified atom stereocenters. The molecule has 0 atom stereocenters. The molecule has 18 heavy (non-hydrogen) atoms. The van der Waals surface area contributed by atoms with Crippen molar-refractivity contribution in [2.75, 3.05) is 0 Å². The van der Waals surface area contributed by atoms with Crippen molar-refractivity contribution < 1.29 is 4.79 Å². The summed E-state index contributed by atoms with van der Waals surface area (Å²) < 4.78 is 0.821. The summed E-state index contributed by atoms with van der Waals surface area (Å²) in [5, 5.41) is 3.77. The molecule has 0 saturated heterocycles. The first kappa shape index (κ1) is 12.5. The van der Waals surface area contributed by atoms with E-state index in [1.165, 1.54) is 25.7 Å². The second kappa shape index (κ2) is 4.86. The number of hydrogen-bond donors (Lipinski definition) is 1. The fourth-order valence-electron chi connectivity index (χ4n) is 2.40. The Labute approximate surface area is 120 Å². The Hall–Kier alpha value is -0.540. The predicted octanol–water partition coefficient (Wildman–Crippen LogP) is 4.02. The number of amides is 1. The number of nitrogens with one attached hydrogen (secondary N) is 1. The van der Waals surface area contributed by atoms with Gasteiger partial charge in [-0.2, -0.15) is 0 Å². The Morgan fingerprint density at radius 2 is 1.89 bits per heavy atom. The van der Waals surface area contributed by atoms with E-state index < -0.39 is 0 Å². The topological polar surface area (TPSA) is 29.1 Å². The molecule has 0 heterocycles.